The Balaban J connectivity index is 1.57. The summed E-state index contributed by atoms with van der Waals surface area (Å²) in [6.07, 6.45) is 2.16. The van der Waals surface area contributed by atoms with Gasteiger partial charge in [0.05, 0.1) is 18.8 Å². The predicted molar refractivity (Wildman–Crippen MR) is 125 cm³/mol. The highest BCUT2D eigenvalue weighted by molar-refractivity contribution is 6.12. The fourth-order valence-corrected chi connectivity index (χ4v) is 4.86. The molecule has 0 radical (unpaired) electrons. The van der Waals surface area contributed by atoms with E-state index in [2.05, 4.69) is 29.8 Å². The molecule has 2 atom stereocenters. The van der Waals surface area contributed by atoms with Gasteiger partial charge in [0.15, 0.2) is 0 Å². The molecule has 1 fully saturated rings. The van der Waals surface area contributed by atoms with Crippen molar-refractivity contribution in [2.75, 3.05) is 23.9 Å². The van der Waals surface area contributed by atoms with Gasteiger partial charge in [0.2, 0.25) is 0 Å². The van der Waals surface area contributed by atoms with Crippen molar-refractivity contribution in [3.05, 3.63) is 77.1 Å². The van der Waals surface area contributed by atoms with Crippen molar-refractivity contribution in [1.82, 2.24) is 4.57 Å². The first kappa shape index (κ1) is 20.6. The lowest BCUT2D eigenvalue weighted by atomic mass is 10.0. The zero-order chi connectivity index (χ0) is 22.2. The van der Waals surface area contributed by atoms with E-state index in [-0.39, 0.29) is 18.2 Å². The molecular formula is C26H29N3O3. The molecule has 0 spiro atoms. The van der Waals surface area contributed by atoms with Crippen molar-refractivity contribution in [2.45, 2.75) is 45.5 Å². The van der Waals surface area contributed by atoms with Crippen molar-refractivity contribution in [1.29, 1.82) is 0 Å². The lowest BCUT2D eigenvalue weighted by molar-refractivity contribution is 0.0958. The molecule has 6 nitrogen and oxygen atoms in total. The van der Waals surface area contributed by atoms with Gasteiger partial charge in [0, 0.05) is 41.5 Å². The molecule has 6 heteroatoms. The number of nitrogens with zero attached hydrogens (tertiary/aromatic N) is 2. The van der Waals surface area contributed by atoms with Crippen LogP contribution in [0.4, 0.5) is 11.4 Å². The maximum Gasteiger partial charge on any atom is 0.262 e. The molecule has 1 amide bonds. The quantitative estimate of drug-likeness (QED) is 0.613. The fourth-order valence-electron chi connectivity index (χ4n) is 4.86. The SMILES string of the molecule is COc1ccc(N2C(=O)c3ccccc3N[C@H]2c2cc(C)n(C[C@@H]3CCCO3)c2C)cc1. The van der Waals surface area contributed by atoms with E-state index in [4.69, 9.17) is 9.47 Å². The number of rotatable bonds is 5. The van der Waals surface area contributed by atoms with E-state index in [1.807, 2.05) is 53.4 Å². The Bertz CT molecular complexity index is 1130. The minimum Gasteiger partial charge on any atom is -0.497 e. The maximum atomic E-state index is 13.7. The second-order valence-electron chi connectivity index (χ2n) is 8.54. The minimum atomic E-state index is -0.310. The van der Waals surface area contributed by atoms with Crippen LogP contribution in [0.3, 0.4) is 0 Å². The summed E-state index contributed by atoms with van der Waals surface area (Å²) in [6.45, 7) is 5.95. The largest absolute Gasteiger partial charge is 0.497 e. The fraction of sp³-hybridized carbons (Fsp3) is 0.346. The molecule has 0 unspecified atom stereocenters. The molecule has 1 aromatic heterocycles. The monoisotopic (exact) mass is 431 g/mol. The molecule has 2 aliphatic rings. The van der Waals surface area contributed by atoms with Crippen LogP contribution < -0.4 is 15.0 Å². The number of hydrogen-bond donors (Lipinski definition) is 1. The number of para-hydroxylation sites is 1. The third kappa shape index (κ3) is 3.54. The van der Waals surface area contributed by atoms with Crippen molar-refractivity contribution in [2.24, 2.45) is 0 Å². The average Bonchev–Trinajstić information content (AvgIpc) is 3.43. The molecule has 2 aromatic carbocycles. The van der Waals surface area contributed by atoms with Crippen LogP contribution in [-0.2, 0) is 11.3 Å². The molecule has 0 aliphatic carbocycles. The van der Waals surface area contributed by atoms with E-state index in [1.165, 1.54) is 5.69 Å². The number of anilines is 2. The standard InChI is InChI=1S/C26H29N3O3/c1-17-15-23(18(2)28(17)16-21-7-6-14-32-21)25-27-24-9-5-4-8-22(24)26(30)29(25)19-10-12-20(31-3)13-11-19/h4-5,8-13,15,21,25,27H,6-7,14,16H2,1-3H3/t21-,25+/m0/s1. The number of aromatic nitrogens is 1. The van der Waals surface area contributed by atoms with Crippen molar-refractivity contribution < 1.29 is 14.3 Å². The third-order valence-electron chi connectivity index (χ3n) is 6.59. The van der Waals surface area contributed by atoms with E-state index in [9.17, 15) is 4.79 Å². The van der Waals surface area contributed by atoms with E-state index < -0.39 is 0 Å². The Hall–Kier alpha value is -3.25. The van der Waals surface area contributed by atoms with Gasteiger partial charge in [-0.1, -0.05) is 12.1 Å². The summed E-state index contributed by atoms with van der Waals surface area (Å²) in [6, 6.07) is 17.5. The predicted octanol–water partition coefficient (Wildman–Crippen LogP) is 5.06. The number of benzene rings is 2. The Morgan fingerprint density at radius 2 is 1.91 bits per heavy atom. The number of methoxy groups -OCH3 is 1. The summed E-state index contributed by atoms with van der Waals surface area (Å²) >= 11 is 0. The van der Waals surface area contributed by atoms with Gasteiger partial charge in [0.25, 0.3) is 5.91 Å². The van der Waals surface area contributed by atoms with Gasteiger partial charge >= 0.3 is 0 Å². The zero-order valence-electron chi connectivity index (χ0n) is 18.8. The molecule has 5 rings (SSSR count). The highest BCUT2D eigenvalue weighted by atomic mass is 16.5. The maximum absolute atomic E-state index is 13.7. The second-order valence-corrected chi connectivity index (χ2v) is 8.54. The van der Waals surface area contributed by atoms with Crippen LogP contribution in [0.5, 0.6) is 5.75 Å². The van der Waals surface area contributed by atoms with Crippen LogP contribution in [-0.4, -0.2) is 30.3 Å². The number of amides is 1. The van der Waals surface area contributed by atoms with Gasteiger partial charge in [-0.2, -0.15) is 0 Å². The number of nitrogens with one attached hydrogen (secondary N) is 1. The smallest absolute Gasteiger partial charge is 0.262 e. The van der Waals surface area contributed by atoms with Gasteiger partial charge in [-0.25, -0.2) is 0 Å². The third-order valence-corrected chi connectivity index (χ3v) is 6.59. The van der Waals surface area contributed by atoms with Crippen molar-refractivity contribution in [3.63, 3.8) is 0 Å². The summed E-state index contributed by atoms with van der Waals surface area (Å²) in [5.41, 5.74) is 5.78. The molecule has 3 heterocycles. The summed E-state index contributed by atoms with van der Waals surface area (Å²) < 4.78 is 13.5. The van der Waals surface area contributed by atoms with Gasteiger partial charge < -0.3 is 19.4 Å². The molecule has 166 valence electrons. The van der Waals surface area contributed by atoms with Crippen LogP contribution in [0.1, 0.15) is 46.3 Å². The average molecular weight is 432 g/mol. The zero-order valence-corrected chi connectivity index (χ0v) is 18.8. The minimum absolute atomic E-state index is 0.0153. The summed E-state index contributed by atoms with van der Waals surface area (Å²) in [4.78, 5) is 15.5. The van der Waals surface area contributed by atoms with Gasteiger partial charge in [-0.3, -0.25) is 9.69 Å². The molecule has 32 heavy (non-hydrogen) atoms. The molecular weight excluding hydrogens is 402 g/mol. The van der Waals surface area contributed by atoms with Gasteiger partial charge in [0.1, 0.15) is 11.9 Å². The van der Waals surface area contributed by atoms with Crippen LogP contribution >= 0.6 is 0 Å². The summed E-state index contributed by atoms with van der Waals surface area (Å²) in [5.74, 6) is 0.747. The van der Waals surface area contributed by atoms with E-state index >= 15 is 0 Å². The van der Waals surface area contributed by atoms with E-state index in [0.29, 0.717) is 5.56 Å². The Morgan fingerprint density at radius 3 is 2.62 bits per heavy atom. The topological polar surface area (TPSA) is 55.7 Å². The molecule has 0 saturated carbocycles. The first-order chi connectivity index (χ1) is 15.6. The Kier molecular flexibility index (Phi) is 5.39. The van der Waals surface area contributed by atoms with Crippen LogP contribution in [0, 0.1) is 13.8 Å². The summed E-state index contributed by atoms with van der Waals surface area (Å²) in [7, 11) is 1.64. The second kappa shape index (κ2) is 8.36. The van der Waals surface area contributed by atoms with E-state index in [0.717, 1.165) is 54.4 Å². The van der Waals surface area contributed by atoms with Crippen LogP contribution in [0.15, 0.2) is 54.6 Å². The molecule has 2 aliphatic heterocycles. The number of carbonyl (C=O) groups is 1. The molecule has 3 aromatic rings. The Labute approximate surface area is 188 Å². The highest BCUT2D eigenvalue weighted by Gasteiger charge is 2.36. The number of ether oxygens (including phenoxy) is 2. The Morgan fingerprint density at radius 1 is 1.12 bits per heavy atom. The van der Waals surface area contributed by atoms with Gasteiger partial charge in [-0.15, -0.1) is 0 Å². The normalized spacial score (nSPS) is 20.2. The van der Waals surface area contributed by atoms with Crippen LogP contribution in [0.2, 0.25) is 0 Å². The molecule has 1 N–H and O–H groups in total. The number of hydrogen-bond acceptors (Lipinski definition) is 4. The summed E-state index contributed by atoms with van der Waals surface area (Å²) in [5, 5.41) is 3.63. The lowest BCUT2D eigenvalue weighted by Crippen LogP contribution is -2.43. The number of carbonyl (C=O) groups excluding carboxylic acids is 1. The highest BCUT2D eigenvalue weighted by Crippen LogP contribution is 2.39. The van der Waals surface area contributed by atoms with Crippen molar-refractivity contribution in [3.8, 4) is 5.75 Å². The van der Waals surface area contributed by atoms with E-state index in [1.54, 1.807) is 7.11 Å². The lowest BCUT2D eigenvalue weighted by Gasteiger charge is -2.38. The number of fused-ring (bicyclic) bond motifs is 1. The number of aryl methyl sites for hydroxylation is 1. The first-order valence-electron chi connectivity index (χ1n) is 11.2. The van der Waals surface area contributed by atoms with Crippen LogP contribution in [0.25, 0.3) is 0 Å². The van der Waals surface area contributed by atoms with Crippen molar-refractivity contribution >= 4 is 17.3 Å². The first-order valence-corrected chi connectivity index (χ1v) is 11.2. The molecule has 0 bridgehead atoms. The van der Waals surface area contributed by atoms with Gasteiger partial charge in [-0.05, 0) is 69.2 Å². The molecule has 1 saturated heterocycles.